The molecule has 0 aliphatic carbocycles. The largest absolute Gasteiger partial charge is 0.464 e. The number of carbonyl (C=O) groups is 2. The highest BCUT2D eigenvalue weighted by atomic mass is 32.2. The zero-order valence-electron chi connectivity index (χ0n) is 7.07. The molecule has 1 fully saturated rings. The zero-order valence-corrected chi connectivity index (χ0v) is 7.89. The summed E-state index contributed by atoms with van der Waals surface area (Å²) in [6, 6.07) is -0.387. The van der Waals surface area contributed by atoms with Crippen LogP contribution in [0.2, 0.25) is 0 Å². The first kappa shape index (κ1) is 9.38. The molecule has 4 nitrogen and oxygen atoms in total. The Morgan fingerprint density at radius 2 is 2.50 bits per heavy atom. The molecule has 0 aromatic rings. The third-order valence-corrected chi connectivity index (χ3v) is 2.70. The lowest BCUT2D eigenvalue weighted by Gasteiger charge is -2.16. The Balaban J connectivity index is 2.53. The summed E-state index contributed by atoms with van der Waals surface area (Å²) in [6.07, 6.45) is 0. The van der Waals surface area contributed by atoms with Crippen molar-refractivity contribution in [3.8, 4) is 0 Å². The summed E-state index contributed by atoms with van der Waals surface area (Å²) in [5.41, 5.74) is 0. The van der Waals surface area contributed by atoms with Gasteiger partial charge in [-0.05, 0) is 6.92 Å². The Morgan fingerprint density at radius 1 is 1.83 bits per heavy atom. The Morgan fingerprint density at radius 3 is 2.92 bits per heavy atom. The lowest BCUT2D eigenvalue weighted by Crippen LogP contribution is -2.37. The molecule has 0 aromatic heterocycles. The van der Waals surface area contributed by atoms with E-state index < -0.39 is 0 Å². The molecule has 0 N–H and O–H groups in total. The number of hydrogen-bond acceptors (Lipinski definition) is 4. The van der Waals surface area contributed by atoms with Gasteiger partial charge in [0.15, 0.2) is 0 Å². The van der Waals surface area contributed by atoms with E-state index in [-0.39, 0.29) is 17.3 Å². The van der Waals surface area contributed by atoms with Crippen LogP contribution in [0.5, 0.6) is 0 Å². The Kier molecular flexibility index (Phi) is 2.97. The summed E-state index contributed by atoms with van der Waals surface area (Å²) in [6.45, 7) is 2.11. The van der Waals surface area contributed by atoms with Gasteiger partial charge >= 0.3 is 5.97 Å². The van der Waals surface area contributed by atoms with Crippen LogP contribution in [0.15, 0.2) is 0 Å². The summed E-state index contributed by atoms with van der Waals surface area (Å²) >= 11 is 1.15. The van der Waals surface area contributed by atoms with Crippen molar-refractivity contribution in [2.24, 2.45) is 0 Å². The molecule has 1 aliphatic rings. The maximum absolute atomic E-state index is 11.2. The highest BCUT2D eigenvalue weighted by Crippen LogP contribution is 2.22. The van der Waals surface area contributed by atoms with E-state index in [1.54, 1.807) is 14.0 Å². The van der Waals surface area contributed by atoms with Gasteiger partial charge in [0.05, 0.1) is 6.61 Å². The highest BCUT2D eigenvalue weighted by Gasteiger charge is 2.34. The first-order valence-corrected chi connectivity index (χ1v) is 4.71. The van der Waals surface area contributed by atoms with E-state index in [1.807, 2.05) is 0 Å². The molecule has 0 saturated carbocycles. The van der Waals surface area contributed by atoms with Gasteiger partial charge in [-0.1, -0.05) is 11.8 Å². The number of esters is 1. The van der Waals surface area contributed by atoms with E-state index in [1.165, 1.54) is 4.90 Å². The van der Waals surface area contributed by atoms with Gasteiger partial charge in [0, 0.05) is 12.8 Å². The number of carbonyl (C=O) groups excluding carboxylic acids is 2. The van der Waals surface area contributed by atoms with E-state index in [2.05, 4.69) is 0 Å². The molecule has 0 radical (unpaired) electrons. The molecule has 1 saturated heterocycles. The van der Waals surface area contributed by atoms with Crippen molar-refractivity contribution in [1.82, 2.24) is 4.90 Å². The lowest BCUT2D eigenvalue weighted by molar-refractivity contribution is -0.146. The minimum atomic E-state index is -0.387. The maximum Gasteiger partial charge on any atom is 0.329 e. The molecule has 0 bridgehead atoms. The second kappa shape index (κ2) is 3.80. The minimum Gasteiger partial charge on any atom is -0.464 e. The quantitative estimate of drug-likeness (QED) is 0.600. The second-order valence-corrected chi connectivity index (χ2v) is 3.43. The Hall–Kier alpha value is -0.710. The fourth-order valence-electron chi connectivity index (χ4n) is 0.956. The smallest absolute Gasteiger partial charge is 0.329 e. The van der Waals surface area contributed by atoms with Crippen LogP contribution < -0.4 is 0 Å². The number of amides is 1. The van der Waals surface area contributed by atoms with Crippen LogP contribution in [-0.4, -0.2) is 41.6 Å². The van der Waals surface area contributed by atoms with Crippen molar-refractivity contribution in [1.29, 1.82) is 0 Å². The van der Waals surface area contributed by atoms with Crippen LogP contribution in [0, 0.1) is 0 Å². The molecule has 5 heteroatoms. The topological polar surface area (TPSA) is 46.6 Å². The molecule has 1 rings (SSSR count). The summed E-state index contributed by atoms with van der Waals surface area (Å²) in [7, 11) is 1.62. The van der Waals surface area contributed by atoms with E-state index in [9.17, 15) is 9.59 Å². The van der Waals surface area contributed by atoms with Crippen LogP contribution >= 0.6 is 11.8 Å². The number of thioether (sulfide) groups is 1. The van der Waals surface area contributed by atoms with Gasteiger partial charge in [0.2, 0.25) is 0 Å². The van der Waals surface area contributed by atoms with Crippen molar-refractivity contribution in [2.75, 3.05) is 19.4 Å². The van der Waals surface area contributed by atoms with E-state index >= 15 is 0 Å². The molecular weight excluding hydrogens is 178 g/mol. The molecule has 1 atom stereocenters. The molecule has 68 valence electrons. The molecule has 1 unspecified atom stereocenters. The predicted octanol–water partition coefficient (Wildman–Crippen LogP) is 0.717. The molecule has 12 heavy (non-hydrogen) atoms. The summed E-state index contributed by atoms with van der Waals surface area (Å²) in [4.78, 5) is 23.6. The van der Waals surface area contributed by atoms with Crippen molar-refractivity contribution < 1.29 is 14.3 Å². The average molecular weight is 189 g/mol. The van der Waals surface area contributed by atoms with Crippen LogP contribution in [0.4, 0.5) is 4.79 Å². The summed E-state index contributed by atoms with van der Waals surface area (Å²) in [5, 5.41) is -0.0620. The molecular formula is C7H11NO3S. The van der Waals surface area contributed by atoms with Gasteiger partial charge in [-0.15, -0.1) is 0 Å². The van der Waals surface area contributed by atoms with Crippen molar-refractivity contribution in [3.63, 3.8) is 0 Å². The molecule has 1 heterocycles. The lowest BCUT2D eigenvalue weighted by atomic mass is 10.3. The first-order valence-electron chi connectivity index (χ1n) is 3.73. The monoisotopic (exact) mass is 189 g/mol. The number of nitrogens with zero attached hydrogens (tertiary/aromatic N) is 1. The van der Waals surface area contributed by atoms with Gasteiger partial charge in [-0.3, -0.25) is 4.79 Å². The normalized spacial score (nSPS) is 23.0. The van der Waals surface area contributed by atoms with Crippen LogP contribution in [0.3, 0.4) is 0 Å². The highest BCUT2D eigenvalue weighted by molar-refractivity contribution is 8.13. The van der Waals surface area contributed by atoms with Gasteiger partial charge in [-0.25, -0.2) is 4.79 Å². The average Bonchev–Trinajstić information content (AvgIpc) is 2.34. The summed E-state index contributed by atoms with van der Waals surface area (Å²) in [5.74, 6) is 0.201. The number of ether oxygens (including phenoxy) is 1. The molecule has 1 aliphatic heterocycles. The number of hydrogen-bond donors (Lipinski definition) is 0. The maximum atomic E-state index is 11.2. The third-order valence-electron chi connectivity index (χ3n) is 1.68. The van der Waals surface area contributed by atoms with Gasteiger partial charge in [-0.2, -0.15) is 0 Å². The van der Waals surface area contributed by atoms with Crippen molar-refractivity contribution >= 4 is 23.0 Å². The van der Waals surface area contributed by atoms with Gasteiger partial charge < -0.3 is 9.64 Å². The number of likely N-dealkylation sites (N-methyl/N-ethyl adjacent to an activating group) is 1. The van der Waals surface area contributed by atoms with Crippen molar-refractivity contribution in [3.05, 3.63) is 0 Å². The predicted molar refractivity (Wildman–Crippen MR) is 46.0 cm³/mol. The zero-order chi connectivity index (χ0) is 9.14. The van der Waals surface area contributed by atoms with Crippen LogP contribution in [-0.2, 0) is 9.53 Å². The standard InChI is InChI=1S/C7H11NO3S/c1-3-11-6(9)5-4-12-7(10)8(5)2/h5H,3-4H2,1-2H3. The fraction of sp³-hybridized carbons (Fsp3) is 0.714. The Bertz CT molecular complexity index is 207. The van der Waals surface area contributed by atoms with Crippen LogP contribution in [0.1, 0.15) is 6.92 Å². The van der Waals surface area contributed by atoms with Crippen molar-refractivity contribution in [2.45, 2.75) is 13.0 Å². The Labute approximate surface area is 75.2 Å². The van der Waals surface area contributed by atoms with Crippen LogP contribution in [0.25, 0.3) is 0 Å². The summed E-state index contributed by atoms with van der Waals surface area (Å²) < 4.78 is 4.80. The second-order valence-electron chi connectivity index (χ2n) is 2.46. The van der Waals surface area contributed by atoms with E-state index in [0.29, 0.717) is 12.4 Å². The minimum absolute atomic E-state index is 0.0620. The fourth-order valence-corrected chi connectivity index (χ4v) is 1.95. The SMILES string of the molecule is CCOC(=O)C1CSC(=O)N1C. The molecule has 0 spiro atoms. The van der Waals surface area contributed by atoms with E-state index in [0.717, 1.165) is 11.8 Å². The van der Waals surface area contributed by atoms with E-state index in [4.69, 9.17) is 4.74 Å². The van der Waals surface area contributed by atoms with Gasteiger partial charge in [0.25, 0.3) is 5.24 Å². The number of rotatable bonds is 2. The molecule has 1 amide bonds. The van der Waals surface area contributed by atoms with Gasteiger partial charge in [0.1, 0.15) is 6.04 Å². The molecule has 0 aromatic carbocycles. The first-order chi connectivity index (χ1) is 5.66. The third kappa shape index (κ3) is 1.72.